The predicted octanol–water partition coefficient (Wildman–Crippen LogP) is 1.06. The smallest absolute Gasteiger partial charge is 0.248 e. The molecule has 0 fully saturated rings. The third-order valence-electron chi connectivity index (χ3n) is 2.17. The molecule has 0 aliphatic rings. The Morgan fingerprint density at radius 1 is 1.00 bits per heavy atom. The minimum absolute atomic E-state index is 0.403. The minimum Gasteiger partial charge on any atom is -0.366 e. The minimum atomic E-state index is -0.403. The van der Waals surface area contributed by atoms with Crippen LogP contribution in [0.15, 0.2) is 54.9 Å². The number of hydrogen-bond donors (Lipinski definition) is 1. The van der Waals surface area contributed by atoms with Gasteiger partial charge in [0, 0.05) is 29.8 Å². The molecule has 0 radical (unpaired) electrons. The van der Waals surface area contributed by atoms with Crippen LogP contribution in [0.5, 0.6) is 0 Å². The molecule has 0 bridgehead atoms. The Morgan fingerprint density at radius 3 is 2.13 bits per heavy atom. The van der Waals surface area contributed by atoms with Crippen molar-refractivity contribution in [2.75, 3.05) is 0 Å². The van der Waals surface area contributed by atoms with E-state index in [1.807, 2.05) is 47.3 Å². The summed E-state index contributed by atoms with van der Waals surface area (Å²) < 4.78 is 1.96. The average Bonchev–Trinajstić information content (AvgIpc) is 2.30. The first-order valence-corrected chi connectivity index (χ1v) is 4.64. The third kappa shape index (κ3) is 2.02. The van der Waals surface area contributed by atoms with Gasteiger partial charge in [0.05, 0.1) is 0 Å². The molecule has 1 aromatic heterocycles. The average molecular weight is 199 g/mol. The van der Waals surface area contributed by atoms with Crippen molar-refractivity contribution in [1.29, 1.82) is 0 Å². The number of carbonyl (C=O) groups excluding carboxylic acids is 1. The Bertz CT molecular complexity index is 463. The lowest BCUT2D eigenvalue weighted by molar-refractivity contribution is -0.595. The van der Waals surface area contributed by atoms with Crippen LogP contribution in [0.2, 0.25) is 0 Å². The second-order valence-electron chi connectivity index (χ2n) is 3.19. The lowest BCUT2D eigenvalue weighted by atomic mass is 10.2. The van der Waals surface area contributed by atoms with E-state index in [9.17, 15) is 4.79 Å². The molecule has 3 nitrogen and oxygen atoms in total. The molecule has 1 amide bonds. The summed E-state index contributed by atoms with van der Waals surface area (Å²) >= 11 is 0. The van der Waals surface area contributed by atoms with E-state index in [4.69, 9.17) is 5.73 Å². The summed E-state index contributed by atoms with van der Waals surface area (Å²) in [4.78, 5) is 10.9. The van der Waals surface area contributed by atoms with E-state index in [1.54, 1.807) is 12.1 Å². The molecule has 2 aromatic rings. The normalized spacial score (nSPS) is 9.87. The number of pyridine rings is 1. The molecule has 2 rings (SSSR count). The van der Waals surface area contributed by atoms with Gasteiger partial charge in [-0.1, -0.05) is 6.07 Å². The summed E-state index contributed by atoms with van der Waals surface area (Å²) in [5.74, 6) is -0.403. The van der Waals surface area contributed by atoms with Crippen LogP contribution in [0.25, 0.3) is 5.69 Å². The van der Waals surface area contributed by atoms with Crippen LogP contribution in [-0.4, -0.2) is 5.91 Å². The van der Waals surface area contributed by atoms with Crippen molar-refractivity contribution in [2.45, 2.75) is 0 Å². The highest BCUT2D eigenvalue weighted by atomic mass is 16.1. The Labute approximate surface area is 87.8 Å². The fourth-order valence-corrected chi connectivity index (χ4v) is 1.37. The number of rotatable bonds is 2. The third-order valence-corrected chi connectivity index (χ3v) is 2.17. The van der Waals surface area contributed by atoms with Gasteiger partial charge in [-0.2, -0.15) is 4.57 Å². The van der Waals surface area contributed by atoms with Gasteiger partial charge in [0.25, 0.3) is 0 Å². The number of nitrogens with two attached hydrogens (primary N) is 1. The van der Waals surface area contributed by atoms with Gasteiger partial charge in [-0.25, -0.2) is 0 Å². The zero-order valence-corrected chi connectivity index (χ0v) is 8.13. The van der Waals surface area contributed by atoms with Crippen LogP contribution in [-0.2, 0) is 0 Å². The van der Waals surface area contributed by atoms with Crippen molar-refractivity contribution in [2.24, 2.45) is 5.73 Å². The topological polar surface area (TPSA) is 47.0 Å². The van der Waals surface area contributed by atoms with E-state index in [-0.39, 0.29) is 0 Å². The Morgan fingerprint density at radius 2 is 1.60 bits per heavy atom. The number of benzene rings is 1. The number of nitrogens with zero attached hydrogens (tertiary/aromatic N) is 1. The van der Waals surface area contributed by atoms with Crippen LogP contribution in [0.3, 0.4) is 0 Å². The molecule has 0 aliphatic heterocycles. The molecular formula is C12H11N2O+. The van der Waals surface area contributed by atoms with Crippen LogP contribution in [0, 0.1) is 0 Å². The number of hydrogen-bond acceptors (Lipinski definition) is 1. The van der Waals surface area contributed by atoms with Crippen molar-refractivity contribution >= 4 is 5.91 Å². The number of primary amides is 1. The summed E-state index contributed by atoms with van der Waals surface area (Å²) in [6.45, 7) is 0. The van der Waals surface area contributed by atoms with Gasteiger partial charge in [-0.05, 0) is 12.1 Å². The first kappa shape index (κ1) is 9.40. The van der Waals surface area contributed by atoms with E-state index in [0.717, 1.165) is 5.69 Å². The van der Waals surface area contributed by atoms with Gasteiger partial charge in [-0.15, -0.1) is 0 Å². The van der Waals surface area contributed by atoms with Crippen molar-refractivity contribution in [3.8, 4) is 5.69 Å². The first-order valence-electron chi connectivity index (χ1n) is 4.64. The van der Waals surface area contributed by atoms with Gasteiger partial charge < -0.3 is 5.73 Å². The largest absolute Gasteiger partial charge is 0.366 e. The molecular weight excluding hydrogens is 188 g/mol. The molecule has 0 aliphatic carbocycles. The second kappa shape index (κ2) is 3.92. The van der Waals surface area contributed by atoms with Crippen molar-refractivity contribution in [1.82, 2.24) is 0 Å². The Balaban J connectivity index is 2.36. The van der Waals surface area contributed by atoms with Crippen molar-refractivity contribution < 1.29 is 9.36 Å². The summed E-state index contributed by atoms with van der Waals surface area (Å²) in [5, 5.41) is 0. The monoisotopic (exact) mass is 199 g/mol. The number of aromatic nitrogens is 1. The van der Waals surface area contributed by atoms with E-state index >= 15 is 0 Å². The second-order valence-corrected chi connectivity index (χ2v) is 3.19. The molecule has 1 heterocycles. The maximum absolute atomic E-state index is 10.9. The Hall–Kier alpha value is -2.16. The van der Waals surface area contributed by atoms with Gasteiger partial charge in [0.2, 0.25) is 11.6 Å². The Kier molecular flexibility index (Phi) is 2.46. The first-order chi connectivity index (χ1) is 7.27. The zero-order chi connectivity index (χ0) is 10.7. The fourth-order valence-electron chi connectivity index (χ4n) is 1.37. The van der Waals surface area contributed by atoms with Crippen LogP contribution in [0.4, 0.5) is 0 Å². The maximum Gasteiger partial charge on any atom is 0.248 e. The summed E-state index contributed by atoms with van der Waals surface area (Å²) in [7, 11) is 0. The predicted molar refractivity (Wildman–Crippen MR) is 56.5 cm³/mol. The van der Waals surface area contributed by atoms with Gasteiger partial charge in [0.15, 0.2) is 12.4 Å². The van der Waals surface area contributed by atoms with Gasteiger partial charge >= 0.3 is 0 Å². The van der Waals surface area contributed by atoms with Gasteiger partial charge in [-0.3, -0.25) is 4.79 Å². The molecule has 0 saturated carbocycles. The molecule has 15 heavy (non-hydrogen) atoms. The van der Waals surface area contributed by atoms with Crippen LogP contribution < -0.4 is 10.3 Å². The molecule has 2 N–H and O–H groups in total. The summed E-state index contributed by atoms with van der Waals surface area (Å²) in [5.41, 5.74) is 6.68. The summed E-state index contributed by atoms with van der Waals surface area (Å²) in [6, 6.07) is 13.0. The highest BCUT2D eigenvalue weighted by Crippen LogP contribution is 2.02. The maximum atomic E-state index is 10.9. The van der Waals surface area contributed by atoms with E-state index in [1.165, 1.54) is 0 Å². The van der Waals surface area contributed by atoms with E-state index in [2.05, 4.69) is 0 Å². The highest BCUT2D eigenvalue weighted by Gasteiger charge is 2.05. The number of carbonyl (C=O) groups is 1. The standard InChI is InChI=1S/C12H10N2O/c13-12(15)10-4-6-11(7-5-10)14-8-2-1-3-9-14/h1-9H,(H-,13,15)/p+1. The molecule has 74 valence electrons. The highest BCUT2D eigenvalue weighted by molar-refractivity contribution is 5.92. The van der Waals surface area contributed by atoms with Crippen LogP contribution in [0.1, 0.15) is 10.4 Å². The lowest BCUT2D eigenvalue weighted by Crippen LogP contribution is -2.28. The molecule has 0 saturated heterocycles. The zero-order valence-electron chi connectivity index (χ0n) is 8.13. The fraction of sp³-hybridized carbons (Fsp3) is 0. The molecule has 1 aromatic carbocycles. The van der Waals surface area contributed by atoms with Gasteiger partial charge in [0.1, 0.15) is 0 Å². The molecule has 0 atom stereocenters. The summed E-state index contributed by atoms with van der Waals surface area (Å²) in [6.07, 6.45) is 3.89. The van der Waals surface area contributed by atoms with Crippen LogP contribution >= 0.6 is 0 Å². The SMILES string of the molecule is NC(=O)c1ccc(-[n+]2ccccc2)cc1. The quantitative estimate of drug-likeness (QED) is 0.722. The number of amides is 1. The molecule has 0 unspecified atom stereocenters. The van der Waals surface area contributed by atoms with Crippen molar-refractivity contribution in [3.05, 3.63) is 60.4 Å². The molecule has 3 heteroatoms. The van der Waals surface area contributed by atoms with E-state index in [0.29, 0.717) is 5.56 Å². The van der Waals surface area contributed by atoms with Crippen molar-refractivity contribution in [3.63, 3.8) is 0 Å². The molecule has 0 spiro atoms. The van der Waals surface area contributed by atoms with E-state index < -0.39 is 5.91 Å². The lowest BCUT2D eigenvalue weighted by Gasteiger charge is -1.96.